The third-order valence-corrected chi connectivity index (χ3v) is 8.50. The topological polar surface area (TPSA) is 51.6 Å². The fraction of sp³-hybridized carbons (Fsp3) is 0.158. The highest BCUT2D eigenvalue weighted by Crippen LogP contribution is 2.45. The molecule has 0 amide bonds. The molecule has 2 heterocycles. The van der Waals surface area contributed by atoms with Crippen LogP contribution in [0.4, 0.5) is 0 Å². The van der Waals surface area contributed by atoms with Crippen LogP contribution >= 0.6 is 0 Å². The van der Waals surface area contributed by atoms with Crippen molar-refractivity contribution in [2.45, 2.75) is 37.5 Å². The third-order valence-electron chi connectivity index (χ3n) is 8.50. The summed E-state index contributed by atoms with van der Waals surface area (Å²) in [4.78, 5) is 19.2. The first kappa shape index (κ1) is 26.0. The number of hydrogen-bond donors (Lipinski definition) is 0. The molecular formula is C38H32N4. The highest BCUT2D eigenvalue weighted by Gasteiger charge is 2.35. The smallest absolute Gasteiger partial charge is 0.164 e. The lowest BCUT2D eigenvalue weighted by Crippen LogP contribution is -2.30. The lowest BCUT2D eigenvalue weighted by atomic mass is 9.65. The van der Waals surface area contributed by atoms with Gasteiger partial charge in [0.2, 0.25) is 0 Å². The van der Waals surface area contributed by atoms with E-state index in [9.17, 15) is 0 Å². The van der Waals surface area contributed by atoms with Crippen LogP contribution in [0, 0.1) is 0 Å². The molecule has 4 aromatic carbocycles. The normalized spacial score (nSPS) is 14.4. The molecule has 0 radical (unpaired) electrons. The Hall–Kier alpha value is -4.96. The van der Waals surface area contributed by atoms with Crippen molar-refractivity contribution >= 4 is 0 Å². The standard InChI is InChI=1S/C38H32N4/c1-4-12-29(13-5-1)35-40-36(30-14-6-2-7-15-30)42-37(41-35)31-19-23-33(24-20-31)38(25-9-3-10-26-38)32-21-17-28(18-22-32)34-16-8-11-27-39-34/h1-2,4-8,11-24,27H,3,9-10,25-26H2. The van der Waals surface area contributed by atoms with E-state index in [4.69, 9.17) is 15.0 Å². The molecule has 7 rings (SSSR count). The number of aromatic nitrogens is 4. The van der Waals surface area contributed by atoms with Crippen molar-refractivity contribution in [3.8, 4) is 45.4 Å². The Balaban J connectivity index is 1.26. The van der Waals surface area contributed by atoms with Gasteiger partial charge in [0.25, 0.3) is 0 Å². The minimum Gasteiger partial charge on any atom is -0.256 e. The Morgan fingerprint density at radius 1 is 0.405 bits per heavy atom. The molecule has 0 aliphatic heterocycles. The summed E-state index contributed by atoms with van der Waals surface area (Å²) >= 11 is 0. The molecular weight excluding hydrogens is 512 g/mol. The van der Waals surface area contributed by atoms with Crippen molar-refractivity contribution in [3.63, 3.8) is 0 Å². The quantitative estimate of drug-likeness (QED) is 0.210. The molecule has 0 unspecified atom stereocenters. The summed E-state index contributed by atoms with van der Waals surface area (Å²) in [7, 11) is 0. The van der Waals surface area contributed by atoms with Gasteiger partial charge in [0.1, 0.15) is 0 Å². The molecule has 1 aliphatic carbocycles. The predicted octanol–water partition coefficient (Wildman–Crippen LogP) is 9.18. The molecule has 42 heavy (non-hydrogen) atoms. The molecule has 6 aromatic rings. The molecule has 0 atom stereocenters. The molecule has 0 N–H and O–H groups in total. The van der Waals surface area contributed by atoms with Gasteiger partial charge in [0, 0.05) is 33.9 Å². The van der Waals surface area contributed by atoms with E-state index in [1.807, 2.05) is 79.0 Å². The van der Waals surface area contributed by atoms with Crippen molar-refractivity contribution in [2.75, 3.05) is 0 Å². The summed E-state index contributed by atoms with van der Waals surface area (Å²) in [6.45, 7) is 0. The average Bonchev–Trinajstić information content (AvgIpc) is 3.10. The Bertz CT molecular complexity index is 1700. The van der Waals surface area contributed by atoms with Crippen molar-refractivity contribution in [2.24, 2.45) is 0 Å². The zero-order valence-electron chi connectivity index (χ0n) is 23.5. The van der Waals surface area contributed by atoms with Crippen LogP contribution in [-0.4, -0.2) is 19.9 Å². The maximum Gasteiger partial charge on any atom is 0.164 e. The Labute approximate surface area is 247 Å². The summed E-state index contributed by atoms with van der Waals surface area (Å²) < 4.78 is 0. The van der Waals surface area contributed by atoms with E-state index in [1.54, 1.807) is 0 Å². The lowest BCUT2D eigenvalue weighted by Gasteiger charge is -2.39. The molecule has 0 spiro atoms. The van der Waals surface area contributed by atoms with Crippen molar-refractivity contribution in [1.29, 1.82) is 0 Å². The van der Waals surface area contributed by atoms with Gasteiger partial charge in [-0.3, -0.25) is 4.98 Å². The largest absolute Gasteiger partial charge is 0.256 e. The number of benzene rings is 4. The summed E-state index contributed by atoms with van der Waals surface area (Å²) in [5, 5.41) is 0. The molecule has 1 saturated carbocycles. The van der Waals surface area contributed by atoms with Gasteiger partial charge in [-0.1, -0.05) is 135 Å². The van der Waals surface area contributed by atoms with Crippen molar-refractivity contribution in [1.82, 2.24) is 19.9 Å². The third kappa shape index (κ3) is 5.12. The first-order valence-electron chi connectivity index (χ1n) is 14.8. The second-order valence-corrected chi connectivity index (χ2v) is 11.1. The fourth-order valence-electron chi connectivity index (χ4n) is 6.27. The lowest BCUT2D eigenvalue weighted by molar-refractivity contribution is 0.346. The van der Waals surface area contributed by atoms with Gasteiger partial charge < -0.3 is 0 Å². The van der Waals surface area contributed by atoms with Gasteiger partial charge in [-0.15, -0.1) is 0 Å². The first-order chi connectivity index (χ1) is 20.8. The number of nitrogens with zero attached hydrogens (tertiary/aromatic N) is 4. The molecule has 0 bridgehead atoms. The van der Waals surface area contributed by atoms with Crippen LogP contribution in [0.2, 0.25) is 0 Å². The van der Waals surface area contributed by atoms with Crippen LogP contribution in [-0.2, 0) is 5.41 Å². The first-order valence-corrected chi connectivity index (χ1v) is 14.8. The molecule has 4 nitrogen and oxygen atoms in total. The predicted molar refractivity (Wildman–Crippen MR) is 170 cm³/mol. The summed E-state index contributed by atoms with van der Waals surface area (Å²) in [5.41, 5.74) is 7.85. The van der Waals surface area contributed by atoms with Crippen LogP contribution in [0.1, 0.15) is 43.2 Å². The van der Waals surface area contributed by atoms with Gasteiger partial charge in [0.15, 0.2) is 17.5 Å². The van der Waals surface area contributed by atoms with E-state index < -0.39 is 0 Å². The minimum absolute atomic E-state index is 0.00290. The Kier molecular flexibility index (Phi) is 7.11. The monoisotopic (exact) mass is 544 g/mol. The molecule has 204 valence electrons. The number of hydrogen-bond acceptors (Lipinski definition) is 4. The van der Waals surface area contributed by atoms with E-state index in [1.165, 1.54) is 30.4 Å². The van der Waals surface area contributed by atoms with E-state index in [0.717, 1.165) is 40.8 Å². The van der Waals surface area contributed by atoms with E-state index in [-0.39, 0.29) is 5.41 Å². The van der Waals surface area contributed by atoms with Crippen LogP contribution in [0.25, 0.3) is 45.4 Å². The highest BCUT2D eigenvalue weighted by atomic mass is 15.0. The second kappa shape index (κ2) is 11.5. The van der Waals surface area contributed by atoms with Crippen LogP contribution < -0.4 is 0 Å². The van der Waals surface area contributed by atoms with Crippen molar-refractivity contribution < 1.29 is 0 Å². The summed E-state index contributed by atoms with van der Waals surface area (Å²) in [5.74, 6) is 2.05. The van der Waals surface area contributed by atoms with Gasteiger partial charge >= 0.3 is 0 Å². The van der Waals surface area contributed by atoms with Gasteiger partial charge in [-0.25, -0.2) is 15.0 Å². The average molecular weight is 545 g/mol. The zero-order chi connectivity index (χ0) is 28.2. The van der Waals surface area contributed by atoms with Gasteiger partial charge in [0.05, 0.1) is 5.69 Å². The molecule has 0 saturated heterocycles. The SMILES string of the molecule is c1ccc(-c2nc(-c3ccccc3)nc(-c3ccc(C4(c5ccc(-c6ccccn6)cc5)CCCCC4)cc3)n2)cc1. The number of pyridine rings is 1. The summed E-state index contributed by atoms with van der Waals surface area (Å²) in [6, 6.07) is 44.4. The van der Waals surface area contributed by atoms with Gasteiger partial charge in [-0.05, 0) is 36.1 Å². The van der Waals surface area contributed by atoms with Gasteiger partial charge in [-0.2, -0.15) is 0 Å². The van der Waals surface area contributed by atoms with Crippen molar-refractivity contribution in [3.05, 3.63) is 145 Å². The minimum atomic E-state index is 0.00290. The van der Waals surface area contributed by atoms with Crippen LogP contribution in [0.15, 0.2) is 134 Å². The Morgan fingerprint density at radius 3 is 1.33 bits per heavy atom. The molecule has 4 heteroatoms. The highest BCUT2D eigenvalue weighted by molar-refractivity contribution is 5.67. The maximum absolute atomic E-state index is 4.93. The second-order valence-electron chi connectivity index (χ2n) is 11.1. The van der Waals surface area contributed by atoms with E-state index >= 15 is 0 Å². The van der Waals surface area contributed by atoms with E-state index in [2.05, 4.69) is 59.6 Å². The Morgan fingerprint density at radius 2 is 0.857 bits per heavy atom. The van der Waals surface area contributed by atoms with Crippen LogP contribution in [0.5, 0.6) is 0 Å². The fourth-order valence-corrected chi connectivity index (χ4v) is 6.27. The number of rotatable bonds is 6. The van der Waals surface area contributed by atoms with Crippen LogP contribution in [0.3, 0.4) is 0 Å². The maximum atomic E-state index is 4.93. The van der Waals surface area contributed by atoms with E-state index in [0.29, 0.717) is 17.5 Å². The molecule has 1 aliphatic rings. The summed E-state index contributed by atoms with van der Waals surface area (Å²) in [6.07, 6.45) is 7.91. The molecule has 2 aromatic heterocycles. The zero-order valence-corrected chi connectivity index (χ0v) is 23.5. The molecule has 1 fully saturated rings.